The predicted octanol–water partition coefficient (Wildman–Crippen LogP) is 5.41. The van der Waals surface area contributed by atoms with Crippen molar-refractivity contribution in [1.82, 2.24) is 0 Å². The minimum Gasteiger partial charge on any atom is -0.0775 e. The summed E-state index contributed by atoms with van der Waals surface area (Å²) in [5.41, 5.74) is 0. The van der Waals surface area contributed by atoms with E-state index in [0.717, 1.165) is 11.8 Å². The molecule has 0 saturated heterocycles. The van der Waals surface area contributed by atoms with Gasteiger partial charge in [-0.2, -0.15) is 0 Å². The van der Waals surface area contributed by atoms with Crippen molar-refractivity contribution in [2.24, 2.45) is 11.8 Å². The Morgan fingerprint density at radius 1 is 0.722 bits per heavy atom. The zero-order chi connectivity index (χ0) is 13.6. The second kappa shape index (κ2) is 4.79. The average molecular weight is 279 g/mol. The van der Waals surface area contributed by atoms with E-state index in [4.69, 9.17) is 0 Å². The van der Waals surface area contributed by atoms with E-state index >= 15 is 0 Å². The van der Waals surface area contributed by atoms with Crippen LogP contribution < -0.4 is 0 Å². The van der Waals surface area contributed by atoms with Crippen molar-refractivity contribution in [1.29, 1.82) is 0 Å². The molecule has 0 nitrogen and oxygen atoms in total. The smallest absolute Gasteiger partial charge is 0.0728 e. The van der Waals surface area contributed by atoms with Crippen LogP contribution in [0.2, 0.25) is 39.3 Å². The van der Waals surface area contributed by atoms with Gasteiger partial charge in [0.15, 0.2) is 0 Å². The summed E-state index contributed by atoms with van der Waals surface area (Å²) < 4.78 is 0. The second-order valence-electron chi connectivity index (χ2n) is 8.24. The van der Waals surface area contributed by atoms with E-state index in [9.17, 15) is 0 Å². The summed E-state index contributed by atoms with van der Waals surface area (Å²) in [6, 6.07) is 0. The SMILES string of the molecule is C[Si](C)(C)C1=CC=C([Si](C)(C)C)[C@@H]2CCCC[C@H]12. The summed E-state index contributed by atoms with van der Waals surface area (Å²) in [4.78, 5) is 0. The van der Waals surface area contributed by atoms with Gasteiger partial charge in [0.25, 0.3) is 0 Å². The molecule has 0 radical (unpaired) electrons. The van der Waals surface area contributed by atoms with Crippen LogP contribution in [-0.2, 0) is 0 Å². The Bertz CT molecular complexity index is 339. The standard InChI is InChI=1S/C16H30Si2/c1-17(2,3)15-11-12-16(18(4,5)6)14-10-8-7-9-13(14)15/h11-14H,7-10H2,1-6H3/t13-,14+. The Hall–Kier alpha value is -0.0862. The van der Waals surface area contributed by atoms with Gasteiger partial charge in [-0.1, -0.05) is 74.7 Å². The molecular formula is C16H30Si2. The van der Waals surface area contributed by atoms with Crippen LogP contribution in [0.4, 0.5) is 0 Å². The van der Waals surface area contributed by atoms with Gasteiger partial charge in [-0.25, -0.2) is 0 Å². The van der Waals surface area contributed by atoms with Crippen LogP contribution in [0.15, 0.2) is 22.5 Å². The molecule has 0 aromatic heterocycles. The molecule has 0 unspecified atom stereocenters. The lowest BCUT2D eigenvalue weighted by molar-refractivity contribution is 0.321. The summed E-state index contributed by atoms with van der Waals surface area (Å²) >= 11 is 0. The average Bonchev–Trinajstić information content (AvgIpc) is 2.24. The number of fused-ring (bicyclic) bond motifs is 1. The first-order valence-corrected chi connectivity index (χ1v) is 14.6. The van der Waals surface area contributed by atoms with E-state index in [1.807, 2.05) is 10.4 Å². The summed E-state index contributed by atoms with van der Waals surface area (Å²) in [7, 11) is -2.24. The summed E-state index contributed by atoms with van der Waals surface area (Å²) in [6.45, 7) is 15.2. The molecule has 1 saturated carbocycles. The van der Waals surface area contributed by atoms with Crippen molar-refractivity contribution in [2.45, 2.75) is 65.0 Å². The maximum absolute atomic E-state index is 2.55. The van der Waals surface area contributed by atoms with Gasteiger partial charge >= 0.3 is 0 Å². The Balaban J connectivity index is 2.41. The molecule has 1 fully saturated rings. The maximum Gasteiger partial charge on any atom is 0.0728 e. The molecule has 102 valence electrons. The van der Waals surface area contributed by atoms with E-state index in [2.05, 4.69) is 51.4 Å². The maximum atomic E-state index is 2.55. The molecule has 2 aliphatic rings. The van der Waals surface area contributed by atoms with Crippen LogP contribution in [0.3, 0.4) is 0 Å². The van der Waals surface area contributed by atoms with E-state index in [-0.39, 0.29) is 0 Å². The molecule has 0 N–H and O–H groups in total. The first kappa shape index (κ1) is 14.3. The van der Waals surface area contributed by atoms with Crippen LogP contribution in [0.5, 0.6) is 0 Å². The fourth-order valence-corrected chi connectivity index (χ4v) is 8.00. The van der Waals surface area contributed by atoms with Gasteiger partial charge in [-0.15, -0.1) is 0 Å². The molecule has 0 aromatic carbocycles. The van der Waals surface area contributed by atoms with E-state index in [1.54, 1.807) is 0 Å². The van der Waals surface area contributed by atoms with Gasteiger partial charge in [0.1, 0.15) is 0 Å². The van der Waals surface area contributed by atoms with E-state index in [0.29, 0.717) is 0 Å². The quantitative estimate of drug-likeness (QED) is 0.592. The first-order valence-electron chi connectivity index (χ1n) is 7.64. The highest BCUT2D eigenvalue weighted by atomic mass is 28.3. The lowest BCUT2D eigenvalue weighted by Crippen LogP contribution is -2.41. The Morgan fingerprint density at radius 2 is 1.06 bits per heavy atom. The fraction of sp³-hybridized carbons (Fsp3) is 0.750. The molecule has 0 bridgehead atoms. The topological polar surface area (TPSA) is 0 Å². The van der Waals surface area contributed by atoms with Crippen molar-refractivity contribution in [3.63, 3.8) is 0 Å². The first-order chi connectivity index (χ1) is 8.21. The van der Waals surface area contributed by atoms with Crippen molar-refractivity contribution in [3.05, 3.63) is 22.5 Å². The minimum atomic E-state index is -1.12. The molecule has 0 amide bonds. The third-order valence-electron chi connectivity index (χ3n) is 4.74. The molecule has 18 heavy (non-hydrogen) atoms. The molecular weight excluding hydrogens is 248 g/mol. The highest BCUT2D eigenvalue weighted by Crippen LogP contribution is 2.46. The second-order valence-corrected chi connectivity index (χ2v) is 18.4. The molecule has 0 aliphatic heterocycles. The van der Waals surface area contributed by atoms with Gasteiger partial charge in [0.2, 0.25) is 0 Å². The summed E-state index contributed by atoms with van der Waals surface area (Å²) in [5, 5.41) is 3.71. The minimum absolute atomic E-state index is 0.914. The van der Waals surface area contributed by atoms with Gasteiger partial charge in [0, 0.05) is 0 Å². The highest BCUT2D eigenvalue weighted by Gasteiger charge is 2.40. The lowest BCUT2D eigenvalue weighted by atomic mass is 9.76. The molecule has 2 rings (SSSR count). The Kier molecular flexibility index (Phi) is 3.81. The van der Waals surface area contributed by atoms with Gasteiger partial charge in [0.05, 0.1) is 16.1 Å². The largest absolute Gasteiger partial charge is 0.0775 e. The Morgan fingerprint density at radius 3 is 1.33 bits per heavy atom. The van der Waals surface area contributed by atoms with Crippen molar-refractivity contribution >= 4 is 16.1 Å². The predicted molar refractivity (Wildman–Crippen MR) is 88.3 cm³/mol. The molecule has 2 aliphatic carbocycles. The third-order valence-corrected chi connectivity index (χ3v) is 9.28. The molecule has 0 aromatic rings. The third kappa shape index (κ3) is 2.74. The summed E-state index contributed by atoms with van der Waals surface area (Å²) in [5.74, 6) is 1.83. The van der Waals surface area contributed by atoms with Crippen molar-refractivity contribution < 1.29 is 0 Å². The number of rotatable bonds is 2. The van der Waals surface area contributed by atoms with Crippen molar-refractivity contribution in [2.75, 3.05) is 0 Å². The normalized spacial score (nSPS) is 29.4. The summed E-state index contributed by atoms with van der Waals surface area (Å²) in [6.07, 6.45) is 10.9. The van der Waals surface area contributed by atoms with Crippen LogP contribution in [0.1, 0.15) is 25.7 Å². The zero-order valence-corrected chi connectivity index (χ0v) is 15.1. The lowest BCUT2D eigenvalue weighted by Gasteiger charge is -2.44. The highest BCUT2D eigenvalue weighted by molar-refractivity contribution is 6.84. The van der Waals surface area contributed by atoms with Gasteiger partial charge < -0.3 is 0 Å². The monoisotopic (exact) mass is 278 g/mol. The van der Waals surface area contributed by atoms with Crippen molar-refractivity contribution in [3.8, 4) is 0 Å². The van der Waals surface area contributed by atoms with Crippen LogP contribution in [0, 0.1) is 11.8 Å². The molecule has 2 heteroatoms. The number of allylic oxidation sites excluding steroid dienone is 4. The molecule has 0 spiro atoms. The van der Waals surface area contributed by atoms with Crippen LogP contribution >= 0.6 is 0 Å². The van der Waals surface area contributed by atoms with E-state index in [1.165, 1.54) is 25.7 Å². The Labute approximate surface area is 116 Å². The number of hydrogen-bond acceptors (Lipinski definition) is 0. The van der Waals surface area contributed by atoms with Crippen LogP contribution in [0.25, 0.3) is 0 Å². The van der Waals surface area contributed by atoms with Crippen LogP contribution in [-0.4, -0.2) is 16.1 Å². The molecule has 0 heterocycles. The number of hydrogen-bond donors (Lipinski definition) is 0. The molecule has 2 atom stereocenters. The fourth-order valence-electron chi connectivity index (χ4n) is 3.91. The van der Waals surface area contributed by atoms with E-state index < -0.39 is 16.1 Å². The van der Waals surface area contributed by atoms with Gasteiger partial charge in [-0.05, 0) is 24.7 Å². The van der Waals surface area contributed by atoms with Gasteiger partial charge in [-0.3, -0.25) is 0 Å². The zero-order valence-electron chi connectivity index (χ0n) is 13.1.